The van der Waals surface area contributed by atoms with Crippen molar-refractivity contribution in [2.24, 2.45) is 5.92 Å². The van der Waals surface area contributed by atoms with Crippen LogP contribution in [-0.4, -0.2) is 50.5 Å². The molecule has 1 aliphatic heterocycles. The largest absolute Gasteiger partial charge is 0.478 e. The first kappa shape index (κ1) is 18.2. The molecule has 0 radical (unpaired) electrons. The molecule has 0 spiro atoms. The van der Waals surface area contributed by atoms with Crippen molar-refractivity contribution in [3.8, 4) is 0 Å². The Labute approximate surface area is 152 Å². The number of carbonyl (C=O) groups excluding carboxylic acids is 1. The molecule has 2 aromatic rings. The highest BCUT2D eigenvalue weighted by molar-refractivity contribution is 5.96. The Hall–Kier alpha value is -2.57. The minimum Gasteiger partial charge on any atom is -0.478 e. The quantitative estimate of drug-likeness (QED) is 0.909. The second kappa shape index (κ2) is 6.63. The average Bonchev–Trinajstić information content (AvgIpc) is 3.13. The van der Waals surface area contributed by atoms with Crippen molar-refractivity contribution < 1.29 is 19.4 Å². The fraction of sp³-hybridized carbons (Fsp3) is 0.526. The number of carbonyl (C=O) groups is 2. The van der Waals surface area contributed by atoms with E-state index in [0.717, 1.165) is 22.9 Å². The van der Waals surface area contributed by atoms with Crippen LogP contribution in [0.1, 0.15) is 43.1 Å². The molecule has 1 atom stereocenters. The summed E-state index contributed by atoms with van der Waals surface area (Å²) in [6, 6.07) is 3.33. The molecule has 1 amide bonds. The van der Waals surface area contributed by atoms with E-state index in [-0.39, 0.29) is 6.09 Å². The first-order chi connectivity index (χ1) is 12.1. The van der Waals surface area contributed by atoms with Crippen molar-refractivity contribution in [1.29, 1.82) is 0 Å². The summed E-state index contributed by atoms with van der Waals surface area (Å²) in [5.74, 6) is -0.628. The molecular weight excluding hydrogens is 334 g/mol. The standard InChI is InChI=1S/C19H25N3O4/c1-12-14(17(23)24)5-6-16-15(12)11-22(20-16)10-13-7-8-21(9-13)18(25)26-19(2,3)4/h5-6,11,13H,7-10H2,1-4H3,(H,23,24). The first-order valence-electron chi connectivity index (χ1n) is 8.82. The number of benzene rings is 1. The summed E-state index contributed by atoms with van der Waals surface area (Å²) in [5, 5.41) is 14.7. The Morgan fingerprint density at radius 2 is 2.08 bits per heavy atom. The van der Waals surface area contributed by atoms with Crippen LogP contribution in [0.5, 0.6) is 0 Å². The van der Waals surface area contributed by atoms with Crippen molar-refractivity contribution >= 4 is 23.0 Å². The summed E-state index contributed by atoms with van der Waals surface area (Å²) in [6.45, 7) is 9.41. The van der Waals surface area contributed by atoms with Crippen molar-refractivity contribution in [1.82, 2.24) is 14.7 Å². The first-order valence-corrected chi connectivity index (χ1v) is 8.82. The predicted molar refractivity (Wildman–Crippen MR) is 97.3 cm³/mol. The lowest BCUT2D eigenvalue weighted by Gasteiger charge is -2.24. The van der Waals surface area contributed by atoms with Crippen LogP contribution < -0.4 is 0 Å². The van der Waals surface area contributed by atoms with E-state index in [1.54, 1.807) is 24.0 Å². The number of aromatic nitrogens is 2. The third-order valence-corrected chi connectivity index (χ3v) is 4.62. The molecular formula is C19H25N3O4. The number of likely N-dealkylation sites (tertiary alicyclic amines) is 1. The number of aryl methyl sites for hydroxylation is 1. The maximum atomic E-state index is 12.2. The Kier molecular flexibility index (Phi) is 4.64. The lowest BCUT2D eigenvalue weighted by atomic mass is 10.1. The van der Waals surface area contributed by atoms with Crippen molar-refractivity contribution in [3.05, 3.63) is 29.5 Å². The van der Waals surface area contributed by atoms with Crippen LogP contribution in [0.2, 0.25) is 0 Å². The molecule has 3 rings (SSSR count). The fourth-order valence-electron chi connectivity index (χ4n) is 3.34. The number of carboxylic acid groups (broad SMARTS) is 1. The number of fused-ring (bicyclic) bond motifs is 1. The maximum Gasteiger partial charge on any atom is 0.410 e. The van der Waals surface area contributed by atoms with Gasteiger partial charge in [0.1, 0.15) is 5.60 Å². The molecule has 7 heteroatoms. The minimum atomic E-state index is -0.930. The smallest absolute Gasteiger partial charge is 0.410 e. The van der Waals surface area contributed by atoms with Gasteiger partial charge in [0.05, 0.1) is 11.1 Å². The number of rotatable bonds is 3. The normalized spacial score (nSPS) is 17.7. The van der Waals surface area contributed by atoms with E-state index < -0.39 is 11.6 Å². The van der Waals surface area contributed by atoms with E-state index in [1.807, 2.05) is 31.6 Å². The number of aromatic carboxylic acids is 1. The number of ether oxygens (including phenoxy) is 1. The summed E-state index contributed by atoms with van der Waals surface area (Å²) in [4.78, 5) is 25.2. The second-order valence-electron chi connectivity index (χ2n) is 7.91. The summed E-state index contributed by atoms with van der Waals surface area (Å²) < 4.78 is 7.28. The zero-order valence-electron chi connectivity index (χ0n) is 15.7. The van der Waals surface area contributed by atoms with Gasteiger partial charge in [-0.2, -0.15) is 5.10 Å². The summed E-state index contributed by atoms with van der Waals surface area (Å²) in [6.07, 6.45) is 2.52. The number of carboxylic acids is 1. The molecule has 140 valence electrons. The van der Waals surface area contributed by atoms with Gasteiger partial charge in [0, 0.05) is 31.2 Å². The molecule has 0 aliphatic carbocycles. The van der Waals surface area contributed by atoms with E-state index >= 15 is 0 Å². The van der Waals surface area contributed by atoms with Crippen molar-refractivity contribution in [2.45, 2.75) is 46.3 Å². The van der Waals surface area contributed by atoms with E-state index in [2.05, 4.69) is 5.10 Å². The summed E-state index contributed by atoms with van der Waals surface area (Å²) >= 11 is 0. The van der Waals surface area contributed by atoms with Gasteiger partial charge < -0.3 is 14.7 Å². The van der Waals surface area contributed by atoms with Crippen molar-refractivity contribution in [2.75, 3.05) is 13.1 Å². The van der Waals surface area contributed by atoms with Gasteiger partial charge in [-0.25, -0.2) is 9.59 Å². The van der Waals surface area contributed by atoms with Gasteiger partial charge in [-0.1, -0.05) is 0 Å². The zero-order valence-corrected chi connectivity index (χ0v) is 15.7. The van der Waals surface area contributed by atoms with Gasteiger partial charge in [0.2, 0.25) is 0 Å². The van der Waals surface area contributed by atoms with Gasteiger partial charge >= 0.3 is 12.1 Å². The highest BCUT2D eigenvalue weighted by Crippen LogP contribution is 2.24. The van der Waals surface area contributed by atoms with Gasteiger partial charge in [0.25, 0.3) is 0 Å². The molecule has 7 nitrogen and oxygen atoms in total. The van der Waals surface area contributed by atoms with Crippen molar-refractivity contribution in [3.63, 3.8) is 0 Å². The van der Waals surface area contributed by atoms with Gasteiger partial charge in [0.15, 0.2) is 0 Å². The van der Waals surface area contributed by atoms with E-state index in [0.29, 0.717) is 31.1 Å². The van der Waals surface area contributed by atoms with E-state index in [1.165, 1.54) is 0 Å². The lowest BCUT2D eigenvalue weighted by molar-refractivity contribution is 0.0286. The van der Waals surface area contributed by atoms with Gasteiger partial charge in [-0.05, 0) is 57.7 Å². The van der Waals surface area contributed by atoms with Gasteiger partial charge in [-0.3, -0.25) is 4.68 Å². The molecule has 1 N–H and O–H groups in total. The molecule has 0 saturated carbocycles. The molecule has 1 fully saturated rings. The minimum absolute atomic E-state index is 0.271. The molecule has 1 aliphatic rings. The maximum absolute atomic E-state index is 12.2. The van der Waals surface area contributed by atoms with Gasteiger partial charge in [-0.15, -0.1) is 0 Å². The van der Waals surface area contributed by atoms with Crippen LogP contribution in [0.25, 0.3) is 10.9 Å². The molecule has 26 heavy (non-hydrogen) atoms. The van der Waals surface area contributed by atoms with Crippen LogP contribution in [-0.2, 0) is 11.3 Å². The van der Waals surface area contributed by atoms with E-state index in [4.69, 9.17) is 4.74 Å². The van der Waals surface area contributed by atoms with Crippen LogP contribution >= 0.6 is 0 Å². The Balaban J connectivity index is 1.69. The molecule has 1 unspecified atom stereocenters. The van der Waals surface area contributed by atoms with E-state index in [9.17, 15) is 14.7 Å². The number of nitrogens with zero attached hydrogens (tertiary/aromatic N) is 3. The van der Waals surface area contributed by atoms with Crippen LogP contribution in [0, 0.1) is 12.8 Å². The number of hydrogen-bond donors (Lipinski definition) is 1. The lowest BCUT2D eigenvalue weighted by Crippen LogP contribution is -2.35. The third kappa shape index (κ3) is 3.81. The summed E-state index contributed by atoms with van der Waals surface area (Å²) in [7, 11) is 0. The average molecular weight is 359 g/mol. The molecule has 0 bridgehead atoms. The monoisotopic (exact) mass is 359 g/mol. The SMILES string of the molecule is Cc1c(C(=O)O)ccc2nn(CC3CCN(C(=O)OC(C)(C)C)C3)cc12. The van der Waals surface area contributed by atoms with Crippen LogP contribution in [0.3, 0.4) is 0 Å². The zero-order chi connectivity index (χ0) is 19.1. The van der Waals surface area contributed by atoms with Crippen LogP contribution in [0.15, 0.2) is 18.3 Å². The summed E-state index contributed by atoms with van der Waals surface area (Å²) in [5.41, 5.74) is 1.32. The van der Waals surface area contributed by atoms with Crippen LogP contribution in [0.4, 0.5) is 4.79 Å². The predicted octanol–water partition coefficient (Wildman–Crippen LogP) is 3.30. The molecule has 1 aromatic heterocycles. The molecule has 1 saturated heterocycles. The second-order valence-corrected chi connectivity index (χ2v) is 7.91. The highest BCUT2D eigenvalue weighted by Gasteiger charge is 2.30. The topological polar surface area (TPSA) is 84.7 Å². The molecule has 1 aromatic carbocycles. The molecule has 2 heterocycles. The highest BCUT2D eigenvalue weighted by atomic mass is 16.6. The Bertz CT molecular complexity index is 850. The number of amides is 1. The fourth-order valence-corrected chi connectivity index (χ4v) is 3.34. The Morgan fingerprint density at radius 1 is 1.35 bits per heavy atom. The Morgan fingerprint density at radius 3 is 2.73 bits per heavy atom. The number of hydrogen-bond acceptors (Lipinski definition) is 4. The third-order valence-electron chi connectivity index (χ3n) is 4.62.